The number of pyridine rings is 1. The summed E-state index contributed by atoms with van der Waals surface area (Å²) in [6.07, 6.45) is 3.34. The third-order valence-electron chi connectivity index (χ3n) is 5.90. The van der Waals surface area contributed by atoms with Gasteiger partial charge in [-0.15, -0.1) is 0 Å². The standard InChI is InChI=1S/C28H23ClN4O5/c1-36-27(34)24-23(18-8-4-3-5-9-18)20(14-30)26(31)33(25(24)28(35)37-2)19-10-11-22(21(29)13-19)38-16-17-7-6-12-32-15-17/h3-13,15,23H,16,31H2,1-2H3. The molecule has 192 valence electrons. The zero-order valence-corrected chi connectivity index (χ0v) is 21.3. The molecule has 0 saturated heterocycles. The number of carbonyl (C=O) groups is 2. The molecule has 0 saturated carbocycles. The Kier molecular flexibility index (Phi) is 7.94. The third-order valence-corrected chi connectivity index (χ3v) is 6.20. The predicted molar refractivity (Wildman–Crippen MR) is 140 cm³/mol. The zero-order chi connectivity index (χ0) is 27.2. The van der Waals surface area contributed by atoms with Gasteiger partial charge in [-0.2, -0.15) is 5.26 Å². The Morgan fingerprint density at radius 1 is 1.08 bits per heavy atom. The average Bonchev–Trinajstić information content (AvgIpc) is 2.96. The van der Waals surface area contributed by atoms with Crippen LogP contribution in [0.15, 0.2) is 95.7 Å². The lowest BCUT2D eigenvalue weighted by Gasteiger charge is -2.36. The van der Waals surface area contributed by atoms with Gasteiger partial charge in [-0.05, 0) is 29.8 Å². The number of hydrogen-bond donors (Lipinski definition) is 1. The summed E-state index contributed by atoms with van der Waals surface area (Å²) in [5, 5.41) is 10.3. The minimum atomic E-state index is -0.962. The second-order valence-electron chi connectivity index (χ2n) is 8.10. The van der Waals surface area contributed by atoms with Crippen LogP contribution in [0, 0.1) is 11.3 Å². The minimum absolute atomic E-state index is 0.0530. The average molecular weight is 531 g/mol. The monoisotopic (exact) mass is 530 g/mol. The summed E-state index contributed by atoms with van der Waals surface area (Å²) in [6.45, 7) is 0.232. The van der Waals surface area contributed by atoms with Gasteiger partial charge in [-0.1, -0.05) is 48.0 Å². The molecule has 3 aromatic rings. The van der Waals surface area contributed by atoms with Gasteiger partial charge >= 0.3 is 11.9 Å². The van der Waals surface area contributed by atoms with Crippen LogP contribution in [0.2, 0.25) is 5.02 Å². The fraction of sp³-hybridized carbons (Fsp3) is 0.143. The van der Waals surface area contributed by atoms with E-state index >= 15 is 0 Å². The summed E-state index contributed by atoms with van der Waals surface area (Å²) in [5.74, 6) is -2.31. The Morgan fingerprint density at radius 2 is 1.82 bits per heavy atom. The number of nitrogens with two attached hydrogens (primary N) is 1. The number of hydrogen-bond acceptors (Lipinski definition) is 9. The Labute approximate surface area is 224 Å². The second kappa shape index (κ2) is 11.5. The molecule has 0 bridgehead atoms. The van der Waals surface area contributed by atoms with Gasteiger partial charge in [0.15, 0.2) is 0 Å². The molecule has 2 N–H and O–H groups in total. The quantitative estimate of drug-likeness (QED) is 0.446. The highest BCUT2D eigenvalue weighted by atomic mass is 35.5. The molecule has 10 heteroatoms. The maximum Gasteiger partial charge on any atom is 0.355 e. The molecule has 0 aliphatic carbocycles. The van der Waals surface area contributed by atoms with Gasteiger partial charge in [-0.25, -0.2) is 9.59 Å². The van der Waals surface area contributed by atoms with E-state index in [1.807, 2.05) is 6.07 Å². The number of methoxy groups -OCH3 is 2. The molecule has 9 nitrogen and oxygen atoms in total. The first-order valence-electron chi connectivity index (χ1n) is 11.4. The summed E-state index contributed by atoms with van der Waals surface area (Å²) in [6, 6.07) is 19.2. The first kappa shape index (κ1) is 26.3. The number of aromatic nitrogens is 1. The predicted octanol–water partition coefficient (Wildman–Crippen LogP) is 4.21. The van der Waals surface area contributed by atoms with E-state index in [0.717, 1.165) is 5.56 Å². The van der Waals surface area contributed by atoms with Crippen molar-refractivity contribution in [2.45, 2.75) is 12.5 Å². The normalized spacial score (nSPS) is 15.1. The Morgan fingerprint density at radius 3 is 2.42 bits per heavy atom. The molecule has 1 aliphatic heterocycles. The fourth-order valence-electron chi connectivity index (χ4n) is 4.17. The maximum absolute atomic E-state index is 13.2. The number of ether oxygens (including phenoxy) is 3. The molecule has 0 fully saturated rings. The second-order valence-corrected chi connectivity index (χ2v) is 8.51. The lowest BCUT2D eigenvalue weighted by molar-refractivity contribution is -0.139. The SMILES string of the molecule is COC(=O)C1=C(C(=O)OC)N(c2ccc(OCc3cccnc3)c(Cl)c2)C(N)=C(C#N)C1c1ccccc1. The van der Waals surface area contributed by atoms with Crippen LogP contribution < -0.4 is 15.4 Å². The van der Waals surface area contributed by atoms with Gasteiger partial charge < -0.3 is 19.9 Å². The van der Waals surface area contributed by atoms with Gasteiger partial charge in [0.05, 0.1) is 42.4 Å². The molecule has 0 radical (unpaired) electrons. The third kappa shape index (κ3) is 5.03. The van der Waals surface area contributed by atoms with E-state index in [1.165, 1.54) is 25.2 Å². The summed E-state index contributed by atoms with van der Waals surface area (Å²) in [7, 11) is 2.37. The number of nitrogens with zero attached hydrogens (tertiary/aromatic N) is 3. The number of halogens is 1. The first-order valence-corrected chi connectivity index (χ1v) is 11.8. The van der Waals surface area contributed by atoms with Crippen molar-refractivity contribution in [2.24, 2.45) is 5.73 Å². The molecule has 38 heavy (non-hydrogen) atoms. The van der Waals surface area contributed by atoms with Crippen molar-refractivity contribution in [1.82, 2.24) is 4.98 Å². The molecule has 1 unspecified atom stereocenters. The lowest BCUT2D eigenvalue weighted by atomic mass is 9.81. The number of esters is 2. The number of allylic oxidation sites excluding steroid dienone is 1. The highest BCUT2D eigenvalue weighted by molar-refractivity contribution is 6.32. The highest BCUT2D eigenvalue weighted by Crippen LogP contribution is 2.44. The summed E-state index contributed by atoms with van der Waals surface area (Å²) < 4.78 is 15.9. The molecule has 2 heterocycles. The van der Waals surface area contributed by atoms with Crippen LogP contribution in [0.4, 0.5) is 5.69 Å². The molecule has 2 aromatic carbocycles. The van der Waals surface area contributed by atoms with E-state index in [2.05, 4.69) is 11.1 Å². The number of carbonyl (C=O) groups excluding carboxylic acids is 2. The molecule has 1 aromatic heterocycles. The number of rotatable bonds is 7. The lowest BCUT2D eigenvalue weighted by Crippen LogP contribution is -2.40. The van der Waals surface area contributed by atoms with E-state index in [-0.39, 0.29) is 34.3 Å². The minimum Gasteiger partial charge on any atom is -0.487 e. The summed E-state index contributed by atoms with van der Waals surface area (Å²) in [5.41, 5.74) is 8.01. The van der Waals surface area contributed by atoms with Gasteiger partial charge in [0, 0.05) is 23.6 Å². The topological polar surface area (TPSA) is 128 Å². The molecule has 1 atom stereocenters. The van der Waals surface area contributed by atoms with E-state index in [0.29, 0.717) is 17.0 Å². The van der Waals surface area contributed by atoms with Crippen LogP contribution in [0.25, 0.3) is 0 Å². The van der Waals surface area contributed by atoms with Crippen LogP contribution in [0.1, 0.15) is 17.0 Å². The Bertz CT molecular complexity index is 1470. The van der Waals surface area contributed by atoms with E-state index in [4.69, 9.17) is 31.5 Å². The first-order chi connectivity index (χ1) is 18.4. The number of nitriles is 1. The number of benzene rings is 2. The van der Waals surface area contributed by atoms with Crippen LogP contribution in [0.5, 0.6) is 5.75 Å². The molecule has 0 amide bonds. The fourth-order valence-corrected chi connectivity index (χ4v) is 4.40. The van der Waals surface area contributed by atoms with E-state index < -0.39 is 17.9 Å². The zero-order valence-electron chi connectivity index (χ0n) is 20.6. The molecule has 0 spiro atoms. The van der Waals surface area contributed by atoms with Crippen LogP contribution in [0.3, 0.4) is 0 Å². The van der Waals surface area contributed by atoms with Crippen molar-refractivity contribution in [3.8, 4) is 11.8 Å². The summed E-state index contributed by atoms with van der Waals surface area (Å²) in [4.78, 5) is 31.6. The van der Waals surface area contributed by atoms with Crippen LogP contribution in [-0.4, -0.2) is 31.1 Å². The molecular formula is C28H23ClN4O5. The van der Waals surface area contributed by atoms with Gasteiger partial charge in [0.1, 0.15) is 23.9 Å². The molecular weight excluding hydrogens is 508 g/mol. The van der Waals surface area contributed by atoms with Crippen molar-refractivity contribution in [3.63, 3.8) is 0 Å². The number of anilines is 1. The van der Waals surface area contributed by atoms with Gasteiger partial charge in [0.25, 0.3) is 0 Å². The van der Waals surface area contributed by atoms with Crippen molar-refractivity contribution in [2.75, 3.05) is 19.1 Å². The van der Waals surface area contributed by atoms with Crippen LogP contribution >= 0.6 is 11.6 Å². The van der Waals surface area contributed by atoms with Crippen molar-refractivity contribution in [1.29, 1.82) is 5.26 Å². The van der Waals surface area contributed by atoms with Crippen molar-refractivity contribution < 1.29 is 23.8 Å². The smallest absolute Gasteiger partial charge is 0.355 e. The molecule has 4 rings (SSSR count). The van der Waals surface area contributed by atoms with Gasteiger partial charge in [0.2, 0.25) is 0 Å². The van der Waals surface area contributed by atoms with Crippen molar-refractivity contribution in [3.05, 3.63) is 112 Å². The van der Waals surface area contributed by atoms with E-state index in [9.17, 15) is 14.9 Å². The van der Waals surface area contributed by atoms with E-state index in [1.54, 1.807) is 60.9 Å². The van der Waals surface area contributed by atoms with Crippen LogP contribution in [-0.2, 0) is 25.7 Å². The van der Waals surface area contributed by atoms with Gasteiger partial charge in [-0.3, -0.25) is 9.88 Å². The van der Waals surface area contributed by atoms with Crippen molar-refractivity contribution >= 4 is 29.2 Å². The Hall–Kier alpha value is -4.81. The largest absolute Gasteiger partial charge is 0.487 e. The maximum atomic E-state index is 13.2. The molecule has 1 aliphatic rings. The summed E-state index contributed by atoms with van der Waals surface area (Å²) >= 11 is 6.53. The Balaban J connectivity index is 1.85. The highest BCUT2D eigenvalue weighted by Gasteiger charge is 2.43.